The molecular formula is C13H15N3O2. The second-order valence-corrected chi connectivity index (χ2v) is 3.97. The monoisotopic (exact) mass is 245 g/mol. The van der Waals surface area contributed by atoms with Crippen LogP contribution in [-0.2, 0) is 6.54 Å². The van der Waals surface area contributed by atoms with Gasteiger partial charge in [0, 0.05) is 6.20 Å². The van der Waals surface area contributed by atoms with Gasteiger partial charge in [0.2, 0.25) is 0 Å². The number of nitrogens with one attached hydrogen (secondary N) is 2. The highest BCUT2D eigenvalue weighted by molar-refractivity contribution is 5.97. The number of H-pyrrole nitrogens is 1. The number of ether oxygens (including phenoxy) is 1. The van der Waals surface area contributed by atoms with Crippen molar-refractivity contribution in [3.05, 3.63) is 47.3 Å². The second kappa shape index (κ2) is 5.35. The van der Waals surface area contributed by atoms with Crippen LogP contribution in [0.1, 0.15) is 21.6 Å². The van der Waals surface area contributed by atoms with E-state index in [0.29, 0.717) is 17.9 Å². The summed E-state index contributed by atoms with van der Waals surface area (Å²) in [4.78, 5) is 12.0. The number of methoxy groups -OCH3 is 1. The summed E-state index contributed by atoms with van der Waals surface area (Å²) in [5.41, 5.74) is 2.41. The highest BCUT2D eigenvalue weighted by Crippen LogP contribution is 2.19. The number of amides is 1. The van der Waals surface area contributed by atoms with E-state index in [1.54, 1.807) is 25.4 Å². The molecule has 94 valence electrons. The molecule has 0 saturated heterocycles. The van der Waals surface area contributed by atoms with Crippen molar-refractivity contribution in [3.8, 4) is 5.75 Å². The Morgan fingerprint density at radius 2 is 2.28 bits per heavy atom. The van der Waals surface area contributed by atoms with Gasteiger partial charge < -0.3 is 10.1 Å². The first-order valence-electron chi connectivity index (χ1n) is 5.62. The fourth-order valence-electron chi connectivity index (χ4n) is 1.65. The van der Waals surface area contributed by atoms with Gasteiger partial charge in [-0.15, -0.1) is 0 Å². The number of carbonyl (C=O) groups excluding carboxylic acids is 1. The summed E-state index contributed by atoms with van der Waals surface area (Å²) >= 11 is 0. The summed E-state index contributed by atoms with van der Waals surface area (Å²) < 4.78 is 5.18. The predicted molar refractivity (Wildman–Crippen MR) is 67.5 cm³/mol. The van der Waals surface area contributed by atoms with Crippen molar-refractivity contribution in [2.45, 2.75) is 13.5 Å². The number of aryl methyl sites for hydroxylation is 1. The van der Waals surface area contributed by atoms with Crippen LogP contribution in [0.5, 0.6) is 5.75 Å². The largest absolute Gasteiger partial charge is 0.496 e. The lowest BCUT2D eigenvalue weighted by atomic mass is 10.1. The Hall–Kier alpha value is -2.30. The maximum atomic E-state index is 12.0. The Labute approximate surface area is 105 Å². The molecule has 0 spiro atoms. The Morgan fingerprint density at radius 1 is 1.44 bits per heavy atom. The van der Waals surface area contributed by atoms with E-state index in [4.69, 9.17) is 4.74 Å². The molecule has 1 aromatic carbocycles. The SMILES string of the molecule is COc1ccc(C)cc1C(=O)NCc1ccn[nH]1. The summed E-state index contributed by atoms with van der Waals surface area (Å²) in [7, 11) is 1.55. The van der Waals surface area contributed by atoms with Crippen LogP contribution in [0.15, 0.2) is 30.5 Å². The van der Waals surface area contributed by atoms with Gasteiger partial charge in [-0.1, -0.05) is 11.6 Å². The average molecular weight is 245 g/mol. The molecule has 0 aliphatic carbocycles. The smallest absolute Gasteiger partial charge is 0.255 e. The lowest BCUT2D eigenvalue weighted by Gasteiger charge is -2.09. The fourth-order valence-corrected chi connectivity index (χ4v) is 1.65. The molecule has 0 aliphatic rings. The topological polar surface area (TPSA) is 67.0 Å². The molecule has 0 fully saturated rings. The lowest BCUT2D eigenvalue weighted by Crippen LogP contribution is -2.23. The summed E-state index contributed by atoms with van der Waals surface area (Å²) in [6.45, 7) is 2.35. The third kappa shape index (κ3) is 2.68. The molecule has 18 heavy (non-hydrogen) atoms. The zero-order valence-electron chi connectivity index (χ0n) is 10.4. The van der Waals surface area contributed by atoms with Crippen molar-refractivity contribution in [1.29, 1.82) is 0 Å². The minimum Gasteiger partial charge on any atom is -0.496 e. The highest BCUT2D eigenvalue weighted by Gasteiger charge is 2.12. The molecule has 1 heterocycles. The zero-order chi connectivity index (χ0) is 13.0. The van der Waals surface area contributed by atoms with Gasteiger partial charge in [-0.05, 0) is 25.1 Å². The second-order valence-electron chi connectivity index (χ2n) is 3.97. The van der Waals surface area contributed by atoms with E-state index in [-0.39, 0.29) is 5.91 Å². The summed E-state index contributed by atoms with van der Waals surface area (Å²) in [6, 6.07) is 7.32. The molecule has 0 atom stereocenters. The van der Waals surface area contributed by atoms with Crippen molar-refractivity contribution in [1.82, 2.24) is 15.5 Å². The maximum absolute atomic E-state index is 12.0. The molecule has 0 bridgehead atoms. The van der Waals surface area contributed by atoms with E-state index in [9.17, 15) is 4.79 Å². The molecule has 1 amide bonds. The minimum atomic E-state index is -0.162. The van der Waals surface area contributed by atoms with Crippen molar-refractivity contribution in [3.63, 3.8) is 0 Å². The van der Waals surface area contributed by atoms with Crippen LogP contribution in [-0.4, -0.2) is 23.2 Å². The first-order chi connectivity index (χ1) is 8.70. The zero-order valence-corrected chi connectivity index (χ0v) is 10.4. The van der Waals surface area contributed by atoms with Crippen LogP contribution < -0.4 is 10.1 Å². The molecule has 0 saturated carbocycles. The molecular weight excluding hydrogens is 230 g/mol. The van der Waals surface area contributed by atoms with Gasteiger partial charge in [0.25, 0.3) is 5.91 Å². The third-order valence-electron chi connectivity index (χ3n) is 2.60. The van der Waals surface area contributed by atoms with E-state index < -0.39 is 0 Å². The number of aromatic amines is 1. The van der Waals surface area contributed by atoms with Crippen LogP contribution in [0.3, 0.4) is 0 Å². The van der Waals surface area contributed by atoms with E-state index in [2.05, 4.69) is 15.5 Å². The van der Waals surface area contributed by atoms with Crippen LogP contribution in [0.25, 0.3) is 0 Å². The van der Waals surface area contributed by atoms with Crippen molar-refractivity contribution in [2.75, 3.05) is 7.11 Å². The lowest BCUT2D eigenvalue weighted by molar-refractivity contribution is 0.0947. The van der Waals surface area contributed by atoms with Crippen molar-refractivity contribution < 1.29 is 9.53 Å². The van der Waals surface area contributed by atoms with E-state index in [1.165, 1.54) is 0 Å². The summed E-state index contributed by atoms with van der Waals surface area (Å²) in [6.07, 6.45) is 1.65. The Morgan fingerprint density at radius 3 is 2.94 bits per heavy atom. The van der Waals surface area contributed by atoms with Gasteiger partial charge in [0.05, 0.1) is 24.9 Å². The number of nitrogens with zero attached hydrogens (tertiary/aromatic N) is 1. The molecule has 0 aliphatic heterocycles. The minimum absolute atomic E-state index is 0.162. The standard InChI is InChI=1S/C13H15N3O2/c1-9-3-4-12(18-2)11(7-9)13(17)14-8-10-5-6-15-16-10/h3-7H,8H2,1-2H3,(H,14,17)(H,15,16). The number of benzene rings is 1. The first kappa shape index (κ1) is 12.2. The molecule has 5 nitrogen and oxygen atoms in total. The average Bonchev–Trinajstić information content (AvgIpc) is 2.89. The van der Waals surface area contributed by atoms with Crippen LogP contribution >= 0.6 is 0 Å². The van der Waals surface area contributed by atoms with E-state index in [0.717, 1.165) is 11.3 Å². The fraction of sp³-hybridized carbons (Fsp3) is 0.231. The number of rotatable bonds is 4. The predicted octanol–water partition coefficient (Wildman–Crippen LogP) is 1.66. The quantitative estimate of drug-likeness (QED) is 0.860. The summed E-state index contributed by atoms with van der Waals surface area (Å²) in [5.74, 6) is 0.410. The first-order valence-corrected chi connectivity index (χ1v) is 5.62. The van der Waals surface area contributed by atoms with Gasteiger partial charge in [-0.3, -0.25) is 9.89 Å². The van der Waals surface area contributed by atoms with Gasteiger partial charge in [0.15, 0.2) is 0 Å². The molecule has 1 aromatic heterocycles. The van der Waals surface area contributed by atoms with E-state index in [1.807, 2.05) is 19.1 Å². The summed E-state index contributed by atoms with van der Waals surface area (Å²) in [5, 5.41) is 9.42. The molecule has 2 aromatic rings. The number of hydrogen-bond donors (Lipinski definition) is 2. The van der Waals surface area contributed by atoms with Crippen molar-refractivity contribution >= 4 is 5.91 Å². The number of carbonyl (C=O) groups is 1. The third-order valence-corrected chi connectivity index (χ3v) is 2.60. The van der Waals surface area contributed by atoms with Gasteiger partial charge in [-0.25, -0.2) is 0 Å². The highest BCUT2D eigenvalue weighted by atomic mass is 16.5. The van der Waals surface area contributed by atoms with Crippen LogP contribution in [0.2, 0.25) is 0 Å². The van der Waals surface area contributed by atoms with Crippen LogP contribution in [0, 0.1) is 6.92 Å². The Kier molecular flexibility index (Phi) is 3.62. The van der Waals surface area contributed by atoms with Crippen molar-refractivity contribution in [2.24, 2.45) is 0 Å². The number of hydrogen-bond acceptors (Lipinski definition) is 3. The molecule has 0 radical (unpaired) electrons. The molecule has 5 heteroatoms. The van der Waals surface area contributed by atoms with Gasteiger partial charge >= 0.3 is 0 Å². The van der Waals surface area contributed by atoms with Gasteiger partial charge in [0.1, 0.15) is 5.75 Å². The normalized spacial score (nSPS) is 10.1. The van der Waals surface area contributed by atoms with Crippen LogP contribution in [0.4, 0.5) is 0 Å². The molecule has 2 rings (SSSR count). The molecule has 0 unspecified atom stereocenters. The van der Waals surface area contributed by atoms with Gasteiger partial charge in [-0.2, -0.15) is 5.10 Å². The Balaban J connectivity index is 2.10. The van der Waals surface area contributed by atoms with E-state index >= 15 is 0 Å². The number of aromatic nitrogens is 2. The molecule has 2 N–H and O–H groups in total. The Bertz CT molecular complexity index is 535. The maximum Gasteiger partial charge on any atom is 0.255 e.